The number of carbonyl (C=O) groups excluding carboxylic acids is 1. The van der Waals surface area contributed by atoms with Gasteiger partial charge in [-0.25, -0.2) is 0 Å². The van der Waals surface area contributed by atoms with Crippen LogP contribution in [-0.2, 0) is 11.3 Å². The van der Waals surface area contributed by atoms with E-state index in [1.807, 2.05) is 12.1 Å². The molecule has 0 aromatic carbocycles. The van der Waals surface area contributed by atoms with Gasteiger partial charge in [0, 0.05) is 19.6 Å². The summed E-state index contributed by atoms with van der Waals surface area (Å²) in [5, 5.41) is 12.5. The summed E-state index contributed by atoms with van der Waals surface area (Å²) in [7, 11) is 0. The summed E-state index contributed by atoms with van der Waals surface area (Å²) in [4.78, 5) is 14.4. The van der Waals surface area contributed by atoms with Crippen LogP contribution in [0.1, 0.15) is 39.4 Å². The van der Waals surface area contributed by atoms with E-state index in [0.29, 0.717) is 24.8 Å². The van der Waals surface area contributed by atoms with Crippen molar-refractivity contribution in [2.75, 3.05) is 30.3 Å². The smallest absolute Gasteiger partial charge is 0.230 e. The zero-order valence-electron chi connectivity index (χ0n) is 16.4. The van der Waals surface area contributed by atoms with Crippen LogP contribution in [0.25, 0.3) is 0 Å². The van der Waals surface area contributed by atoms with E-state index in [9.17, 15) is 4.79 Å². The van der Waals surface area contributed by atoms with Gasteiger partial charge in [0.05, 0.1) is 18.6 Å². The number of anilines is 1. The molecule has 0 radical (unpaired) electrons. The second-order valence-electron chi connectivity index (χ2n) is 7.60. The van der Waals surface area contributed by atoms with Crippen LogP contribution >= 0.6 is 11.8 Å². The van der Waals surface area contributed by atoms with Crippen molar-refractivity contribution >= 4 is 23.6 Å². The van der Waals surface area contributed by atoms with Crippen LogP contribution in [0.5, 0.6) is 0 Å². The molecule has 2 aromatic heterocycles. The third-order valence-corrected chi connectivity index (χ3v) is 5.66. The number of nitrogens with one attached hydrogen (secondary N) is 1. The lowest BCUT2D eigenvalue weighted by Gasteiger charge is -2.31. The van der Waals surface area contributed by atoms with E-state index in [-0.39, 0.29) is 5.91 Å². The first kappa shape index (κ1) is 19.8. The Bertz CT molecular complexity index is 721. The van der Waals surface area contributed by atoms with Gasteiger partial charge in [-0.05, 0) is 36.8 Å². The summed E-state index contributed by atoms with van der Waals surface area (Å²) in [5.41, 5.74) is 0. The molecule has 1 fully saturated rings. The molecule has 1 saturated heterocycles. The third kappa shape index (κ3) is 5.51. The van der Waals surface area contributed by atoms with Crippen LogP contribution < -0.4 is 10.2 Å². The van der Waals surface area contributed by atoms with Crippen LogP contribution in [-0.4, -0.2) is 46.1 Å². The number of furan rings is 1. The fraction of sp³-hybridized carbons (Fsp3) is 0.632. The van der Waals surface area contributed by atoms with Crippen molar-refractivity contribution in [1.82, 2.24) is 20.1 Å². The Morgan fingerprint density at radius 1 is 1.37 bits per heavy atom. The van der Waals surface area contributed by atoms with Gasteiger partial charge in [-0.1, -0.05) is 32.5 Å². The van der Waals surface area contributed by atoms with Gasteiger partial charge in [-0.15, -0.1) is 10.2 Å². The molecule has 0 unspecified atom stereocenters. The molecule has 1 N–H and O–H groups in total. The Balaban J connectivity index is 1.71. The van der Waals surface area contributed by atoms with Crippen molar-refractivity contribution < 1.29 is 9.21 Å². The Kier molecular flexibility index (Phi) is 6.82. The summed E-state index contributed by atoms with van der Waals surface area (Å²) in [5.74, 6) is 3.27. The third-order valence-electron chi connectivity index (χ3n) is 4.70. The summed E-state index contributed by atoms with van der Waals surface area (Å²) in [6, 6.07) is 3.83. The van der Waals surface area contributed by atoms with Crippen molar-refractivity contribution in [3.8, 4) is 0 Å². The van der Waals surface area contributed by atoms with Crippen molar-refractivity contribution in [2.45, 2.75) is 45.3 Å². The molecule has 27 heavy (non-hydrogen) atoms. The van der Waals surface area contributed by atoms with Crippen LogP contribution in [0.15, 0.2) is 28.0 Å². The molecular formula is C19H29N5O2S. The Morgan fingerprint density at radius 2 is 2.15 bits per heavy atom. The average molecular weight is 392 g/mol. The minimum absolute atomic E-state index is 0.0228. The van der Waals surface area contributed by atoms with Gasteiger partial charge in [-0.2, -0.15) is 0 Å². The van der Waals surface area contributed by atoms with Gasteiger partial charge >= 0.3 is 0 Å². The lowest BCUT2D eigenvalue weighted by atomic mass is 10.00. The van der Waals surface area contributed by atoms with E-state index in [0.717, 1.165) is 48.7 Å². The minimum Gasteiger partial charge on any atom is -0.467 e. The van der Waals surface area contributed by atoms with Crippen LogP contribution in [0.2, 0.25) is 0 Å². The SMILES string of the molecule is CC(C)CNC(=O)CSc1nnc(N2CCC(C)CC2)n1Cc1ccco1. The van der Waals surface area contributed by atoms with Gasteiger partial charge in [0.15, 0.2) is 5.16 Å². The Labute approximate surface area is 164 Å². The summed E-state index contributed by atoms with van der Waals surface area (Å²) >= 11 is 1.42. The number of thioether (sulfide) groups is 1. The standard InChI is InChI=1S/C19H29N5O2S/c1-14(2)11-20-17(25)13-27-19-22-21-18(23-8-6-15(3)7-9-23)24(19)12-16-5-4-10-26-16/h4-5,10,14-15H,6-9,11-13H2,1-3H3,(H,20,25). The molecule has 0 aliphatic carbocycles. The van der Waals surface area contributed by atoms with Gasteiger partial charge < -0.3 is 14.6 Å². The first-order valence-electron chi connectivity index (χ1n) is 9.63. The van der Waals surface area contributed by atoms with E-state index < -0.39 is 0 Å². The van der Waals surface area contributed by atoms with E-state index in [4.69, 9.17) is 4.42 Å². The molecule has 3 heterocycles. The van der Waals surface area contributed by atoms with Crippen LogP contribution in [0.3, 0.4) is 0 Å². The predicted molar refractivity (Wildman–Crippen MR) is 107 cm³/mol. The lowest BCUT2D eigenvalue weighted by Crippen LogP contribution is -2.35. The highest BCUT2D eigenvalue weighted by atomic mass is 32.2. The quantitative estimate of drug-likeness (QED) is 0.697. The van der Waals surface area contributed by atoms with Gasteiger partial charge in [0.1, 0.15) is 5.76 Å². The van der Waals surface area contributed by atoms with E-state index in [1.54, 1.807) is 6.26 Å². The maximum Gasteiger partial charge on any atom is 0.230 e. The predicted octanol–water partition coefficient (Wildman–Crippen LogP) is 3.02. The van der Waals surface area contributed by atoms with Crippen molar-refractivity contribution in [1.29, 1.82) is 0 Å². The molecule has 2 aromatic rings. The number of rotatable bonds is 8. The second kappa shape index (κ2) is 9.30. The van der Waals surface area contributed by atoms with E-state index in [2.05, 4.69) is 45.8 Å². The topological polar surface area (TPSA) is 76.2 Å². The molecular weight excluding hydrogens is 362 g/mol. The maximum absolute atomic E-state index is 12.1. The normalized spacial score (nSPS) is 15.5. The molecule has 148 valence electrons. The first-order valence-corrected chi connectivity index (χ1v) is 10.6. The lowest BCUT2D eigenvalue weighted by molar-refractivity contribution is -0.118. The van der Waals surface area contributed by atoms with Crippen molar-refractivity contribution in [2.24, 2.45) is 11.8 Å². The van der Waals surface area contributed by atoms with E-state index in [1.165, 1.54) is 11.8 Å². The highest BCUT2D eigenvalue weighted by molar-refractivity contribution is 7.99. The average Bonchev–Trinajstić information content (AvgIpc) is 3.29. The van der Waals surface area contributed by atoms with Crippen LogP contribution in [0.4, 0.5) is 5.95 Å². The summed E-state index contributed by atoms with van der Waals surface area (Å²) < 4.78 is 7.59. The molecule has 1 amide bonds. The molecule has 7 nitrogen and oxygen atoms in total. The number of piperidine rings is 1. The molecule has 1 aliphatic heterocycles. The summed E-state index contributed by atoms with van der Waals surface area (Å²) in [6.45, 7) is 9.68. The second-order valence-corrected chi connectivity index (χ2v) is 8.55. The fourth-order valence-corrected chi connectivity index (χ4v) is 3.79. The number of hydrogen-bond acceptors (Lipinski definition) is 6. The largest absolute Gasteiger partial charge is 0.467 e. The monoisotopic (exact) mass is 391 g/mol. The molecule has 8 heteroatoms. The number of amides is 1. The molecule has 0 saturated carbocycles. The molecule has 3 rings (SSSR count). The number of aromatic nitrogens is 3. The molecule has 1 aliphatic rings. The fourth-order valence-electron chi connectivity index (χ4n) is 3.03. The zero-order chi connectivity index (χ0) is 19.2. The number of nitrogens with zero attached hydrogens (tertiary/aromatic N) is 4. The van der Waals surface area contributed by atoms with Crippen molar-refractivity contribution in [3.05, 3.63) is 24.2 Å². The zero-order valence-corrected chi connectivity index (χ0v) is 17.2. The highest BCUT2D eigenvalue weighted by Crippen LogP contribution is 2.27. The molecule has 0 spiro atoms. The van der Waals surface area contributed by atoms with Gasteiger partial charge in [0.2, 0.25) is 11.9 Å². The maximum atomic E-state index is 12.1. The molecule has 0 bridgehead atoms. The highest BCUT2D eigenvalue weighted by Gasteiger charge is 2.23. The minimum atomic E-state index is 0.0228. The first-order chi connectivity index (χ1) is 13.0. The Morgan fingerprint density at radius 3 is 2.81 bits per heavy atom. The molecule has 0 atom stereocenters. The van der Waals surface area contributed by atoms with Crippen molar-refractivity contribution in [3.63, 3.8) is 0 Å². The summed E-state index contributed by atoms with van der Waals surface area (Å²) in [6.07, 6.45) is 4.00. The Hall–Kier alpha value is -1.96. The van der Waals surface area contributed by atoms with E-state index >= 15 is 0 Å². The van der Waals surface area contributed by atoms with Crippen LogP contribution in [0, 0.1) is 11.8 Å². The van der Waals surface area contributed by atoms with Gasteiger partial charge in [0.25, 0.3) is 0 Å². The number of hydrogen-bond donors (Lipinski definition) is 1. The van der Waals surface area contributed by atoms with Gasteiger partial charge in [-0.3, -0.25) is 9.36 Å². The number of carbonyl (C=O) groups is 1.